The minimum absolute atomic E-state index is 0.0124. The lowest BCUT2D eigenvalue weighted by Gasteiger charge is -2.25. The molecule has 1 amide bonds. The molecule has 1 aliphatic rings. The SMILES string of the molecule is CC[C@H](CC(=O)O)c1cccc(NC(=O)C(c2ccc(-c3cncc(C)c3)cc2)C2CCCC2)c1C. The molecule has 1 fully saturated rings. The van der Waals surface area contributed by atoms with E-state index in [0.717, 1.165) is 71.2 Å². The molecular weight excluding hydrogens is 448 g/mol. The van der Waals surface area contributed by atoms with Gasteiger partial charge < -0.3 is 10.4 Å². The van der Waals surface area contributed by atoms with Crippen molar-refractivity contribution >= 4 is 17.6 Å². The average Bonchev–Trinajstić information content (AvgIpc) is 3.39. The maximum Gasteiger partial charge on any atom is 0.303 e. The Hall–Kier alpha value is -3.47. The third-order valence-electron chi connectivity index (χ3n) is 7.62. The molecule has 1 unspecified atom stereocenters. The van der Waals surface area contributed by atoms with Crippen LogP contribution in [0.2, 0.25) is 0 Å². The van der Waals surface area contributed by atoms with E-state index >= 15 is 0 Å². The Morgan fingerprint density at radius 2 is 1.75 bits per heavy atom. The molecule has 0 spiro atoms. The van der Waals surface area contributed by atoms with Gasteiger partial charge in [0.1, 0.15) is 0 Å². The summed E-state index contributed by atoms with van der Waals surface area (Å²) in [6, 6.07) is 16.3. The van der Waals surface area contributed by atoms with Gasteiger partial charge in [0.15, 0.2) is 0 Å². The molecule has 0 saturated heterocycles. The van der Waals surface area contributed by atoms with Gasteiger partial charge in [0.25, 0.3) is 0 Å². The lowest BCUT2D eigenvalue weighted by Crippen LogP contribution is -2.27. The number of rotatable bonds is 9. The summed E-state index contributed by atoms with van der Waals surface area (Å²) in [5.41, 5.74) is 7.03. The second-order valence-corrected chi connectivity index (χ2v) is 10.1. The van der Waals surface area contributed by atoms with Crippen molar-refractivity contribution < 1.29 is 14.7 Å². The van der Waals surface area contributed by atoms with Crippen molar-refractivity contribution in [3.05, 3.63) is 83.2 Å². The van der Waals surface area contributed by atoms with Crippen LogP contribution in [-0.4, -0.2) is 22.0 Å². The van der Waals surface area contributed by atoms with Crippen LogP contribution < -0.4 is 5.32 Å². The molecule has 4 rings (SSSR count). The van der Waals surface area contributed by atoms with Gasteiger partial charge in [-0.15, -0.1) is 0 Å². The summed E-state index contributed by atoms with van der Waals surface area (Å²) >= 11 is 0. The fourth-order valence-corrected chi connectivity index (χ4v) is 5.65. The zero-order valence-electron chi connectivity index (χ0n) is 21.5. The highest BCUT2D eigenvalue weighted by Crippen LogP contribution is 2.39. The smallest absolute Gasteiger partial charge is 0.303 e. The molecule has 1 saturated carbocycles. The van der Waals surface area contributed by atoms with Crippen LogP contribution in [0.4, 0.5) is 5.69 Å². The van der Waals surface area contributed by atoms with Crippen LogP contribution in [0.15, 0.2) is 60.9 Å². The number of aliphatic carboxylic acids is 1. The van der Waals surface area contributed by atoms with Gasteiger partial charge in [-0.25, -0.2) is 0 Å². The van der Waals surface area contributed by atoms with Crippen molar-refractivity contribution in [3.8, 4) is 11.1 Å². The Kier molecular flexibility index (Phi) is 8.19. The monoisotopic (exact) mass is 484 g/mol. The van der Waals surface area contributed by atoms with E-state index in [9.17, 15) is 14.7 Å². The van der Waals surface area contributed by atoms with Gasteiger partial charge in [-0.3, -0.25) is 14.6 Å². The molecule has 188 valence electrons. The van der Waals surface area contributed by atoms with E-state index in [4.69, 9.17) is 0 Å². The molecule has 5 heteroatoms. The topological polar surface area (TPSA) is 79.3 Å². The molecule has 0 bridgehead atoms. The first-order valence-corrected chi connectivity index (χ1v) is 13.0. The third kappa shape index (κ3) is 5.84. The predicted molar refractivity (Wildman–Crippen MR) is 144 cm³/mol. The van der Waals surface area contributed by atoms with Crippen molar-refractivity contribution in [2.75, 3.05) is 5.32 Å². The van der Waals surface area contributed by atoms with Crippen molar-refractivity contribution in [1.82, 2.24) is 4.98 Å². The van der Waals surface area contributed by atoms with Gasteiger partial charge in [-0.05, 0) is 84.9 Å². The summed E-state index contributed by atoms with van der Waals surface area (Å²) in [5.74, 6) is -0.773. The van der Waals surface area contributed by atoms with E-state index in [1.54, 1.807) is 0 Å². The number of carboxylic acids is 1. The Labute approximate surface area is 214 Å². The second-order valence-electron chi connectivity index (χ2n) is 10.1. The van der Waals surface area contributed by atoms with Crippen LogP contribution in [0.3, 0.4) is 0 Å². The standard InChI is InChI=1S/C31H36N2O3/c1-4-22(17-29(34)35)27-10-7-11-28(21(27)3)33-31(36)30(24-8-5-6-9-24)25-14-12-23(13-15-25)26-16-20(2)18-32-19-26/h7,10-16,18-19,22,24,30H,4-6,8-9,17H2,1-3H3,(H,33,36)(H,34,35)/t22-,30?/m1/s1. The van der Waals surface area contributed by atoms with Crippen LogP contribution in [-0.2, 0) is 9.59 Å². The lowest BCUT2D eigenvalue weighted by molar-refractivity contribution is -0.137. The number of carbonyl (C=O) groups excluding carboxylic acids is 1. The molecule has 1 aromatic heterocycles. The highest BCUT2D eigenvalue weighted by Gasteiger charge is 2.32. The van der Waals surface area contributed by atoms with Crippen LogP contribution in [0.25, 0.3) is 11.1 Å². The summed E-state index contributed by atoms with van der Waals surface area (Å²) < 4.78 is 0. The molecule has 0 radical (unpaired) electrons. The average molecular weight is 485 g/mol. The number of hydrogen-bond acceptors (Lipinski definition) is 3. The van der Waals surface area contributed by atoms with E-state index in [1.807, 2.05) is 51.4 Å². The number of pyridine rings is 1. The maximum absolute atomic E-state index is 13.8. The Morgan fingerprint density at radius 1 is 1.03 bits per heavy atom. The van der Waals surface area contributed by atoms with Gasteiger partial charge >= 0.3 is 5.97 Å². The molecule has 0 aliphatic heterocycles. The van der Waals surface area contributed by atoms with Crippen molar-refractivity contribution in [2.45, 2.75) is 71.1 Å². The fourth-order valence-electron chi connectivity index (χ4n) is 5.65. The molecule has 3 aromatic rings. The number of anilines is 1. The molecule has 2 N–H and O–H groups in total. The van der Waals surface area contributed by atoms with Crippen LogP contribution in [0, 0.1) is 19.8 Å². The quantitative estimate of drug-likeness (QED) is 0.335. The number of carbonyl (C=O) groups is 2. The number of carboxylic acid groups (broad SMARTS) is 1. The number of nitrogens with one attached hydrogen (secondary N) is 1. The minimum atomic E-state index is -0.804. The number of amides is 1. The zero-order chi connectivity index (χ0) is 25.7. The van der Waals surface area contributed by atoms with Gasteiger partial charge in [-0.1, -0.05) is 56.2 Å². The minimum Gasteiger partial charge on any atom is -0.481 e. The van der Waals surface area contributed by atoms with Gasteiger partial charge in [0.2, 0.25) is 5.91 Å². The lowest BCUT2D eigenvalue weighted by atomic mass is 9.83. The van der Waals surface area contributed by atoms with Crippen molar-refractivity contribution in [2.24, 2.45) is 5.92 Å². The number of aryl methyl sites for hydroxylation is 1. The number of benzene rings is 2. The van der Waals surface area contributed by atoms with E-state index in [1.165, 1.54) is 0 Å². The molecule has 2 aromatic carbocycles. The van der Waals surface area contributed by atoms with Crippen LogP contribution in [0.1, 0.15) is 79.5 Å². The zero-order valence-corrected chi connectivity index (χ0v) is 21.5. The first-order valence-electron chi connectivity index (χ1n) is 13.0. The normalized spacial score (nSPS) is 15.4. The van der Waals surface area contributed by atoms with E-state index in [0.29, 0.717) is 5.92 Å². The Balaban J connectivity index is 1.60. The number of hydrogen-bond donors (Lipinski definition) is 2. The van der Waals surface area contributed by atoms with Crippen LogP contribution in [0.5, 0.6) is 0 Å². The van der Waals surface area contributed by atoms with E-state index < -0.39 is 5.97 Å². The number of nitrogens with zero attached hydrogens (tertiary/aromatic N) is 1. The van der Waals surface area contributed by atoms with Crippen LogP contribution >= 0.6 is 0 Å². The summed E-state index contributed by atoms with van der Waals surface area (Å²) in [6.07, 6.45) is 8.95. The van der Waals surface area contributed by atoms with Crippen molar-refractivity contribution in [3.63, 3.8) is 0 Å². The fraction of sp³-hybridized carbons (Fsp3) is 0.387. The largest absolute Gasteiger partial charge is 0.481 e. The van der Waals surface area contributed by atoms with Gasteiger partial charge in [0, 0.05) is 23.6 Å². The summed E-state index contributed by atoms with van der Waals surface area (Å²) in [4.78, 5) is 29.4. The highest BCUT2D eigenvalue weighted by atomic mass is 16.4. The highest BCUT2D eigenvalue weighted by molar-refractivity contribution is 5.97. The summed E-state index contributed by atoms with van der Waals surface area (Å²) in [7, 11) is 0. The predicted octanol–water partition coefficient (Wildman–Crippen LogP) is 7.25. The molecule has 36 heavy (non-hydrogen) atoms. The first-order chi connectivity index (χ1) is 17.4. The second kappa shape index (κ2) is 11.5. The van der Waals surface area contributed by atoms with E-state index in [2.05, 4.69) is 40.6 Å². The maximum atomic E-state index is 13.8. The van der Waals surface area contributed by atoms with Gasteiger partial charge in [0.05, 0.1) is 12.3 Å². The molecule has 2 atom stereocenters. The molecule has 1 heterocycles. The number of aromatic nitrogens is 1. The molecule has 5 nitrogen and oxygen atoms in total. The molecule has 1 aliphatic carbocycles. The summed E-state index contributed by atoms with van der Waals surface area (Å²) in [5, 5.41) is 12.6. The Morgan fingerprint density at radius 3 is 2.39 bits per heavy atom. The Bertz CT molecular complexity index is 1210. The molecular formula is C31H36N2O3. The van der Waals surface area contributed by atoms with Gasteiger partial charge in [-0.2, -0.15) is 0 Å². The van der Waals surface area contributed by atoms with Crippen molar-refractivity contribution in [1.29, 1.82) is 0 Å². The first kappa shape index (κ1) is 25.6. The van der Waals surface area contributed by atoms with E-state index in [-0.39, 0.29) is 24.2 Å². The third-order valence-corrected chi connectivity index (χ3v) is 7.62. The summed E-state index contributed by atoms with van der Waals surface area (Å²) in [6.45, 7) is 6.02.